The number of ether oxygens (including phenoxy) is 3. The fourth-order valence-electron chi connectivity index (χ4n) is 3.70. The van der Waals surface area contributed by atoms with Crippen molar-refractivity contribution in [3.63, 3.8) is 0 Å². The molecular weight excluding hydrogens is 450 g/mol. The number of Topliss-reactive ketones (excluding diaryl/α,β-unsaturated/α-hetero) is 1. The van der Waals surface area contributed by atoms with Crippen LogP contribution >= 0.6 is 11.6 Å². The van der Waals surface area contributed by atoms with Crippen LogP contribution in [0.2, 0.25) is 5.02 Å². The molecule has 4 rings (SSSR count). The maximum absolute atomic E-state index is 13.2. The van der Waals surface area contributed by atoms with E-state index >= 15 is 0 Å². The van der Waals surface area contributed by atoms with Crippen LogP contribution in [0.25, 0.3) is 5.76 Å². The fraction of sp³-hybridized carbons (Fsp3) is 0.167. The average molecular weight is 470 g/mol. The largest absolute Gasteiger partial charge is 0.507 e. The van der Waals surface area contributed by atoms with Gasteiger partial charge in [0.2, 0.25) is 0 Å². The lowest BCUT2D eigenvalue weighted by atomic mass is 9.99. The second kappa shape index (κ2) is 8.91. The molecule has 1 amide bonds. The van der Waals surface area contributed by atoms with Gasteiger partial charge in [0.25, 0.3) is 11.7 Å². The number of anilines is 1. The molecule has 0 spiro atoms. The number of furan rings is 1. The summed E-state index contributed by atoms with van der Waals surface area (Å²) in [6.45, 7) is 0. The van der Waals surface area contributed by atoms with Gasteiger partial charge in [-0.25, -0.2) is 0 Å². The zero-order chi connectivity index (χ0) is 23.7. The first-order chi connectivity index (χ1) is 15.9. The van der Waals surface area contributed by atoms with Crippen molar-refractivity contribution in [2.24, 2.45) is 0 Å². The summed E-state index contributed by atoms with van der Waals surface area (Å²) >= 11 is 6.30. The highest BCUT2D eigenvalue weighted by Gasteiger charge is 2.48. The van der Waals surface area contributed by atoms with Crippen LogP contribution in [0.5, 0.6) is 17.2 Å². The molecule has 1 unspecified atom stereocenters. The van der Waals surface area contributed by atoms with Gasteiger partial charge >= 0.3 is 0 Å². The van der Waals surface area contributed by atoms with Crippen molar-refractivity contribution in [3.8, 4) is 17.2 Å². The number of amides is 1. The van der Waals surface area contributed by atoms with Crippen LogP contribution in [-0.4, -0.2) is 38.1 Å². The van der Waals surface area contributed by atoms with E-state index < -0.39 is 23.5 Å². The molecule has 1 N–H and O–H groups in total. The highest BCUT2D eigenvalue weighted by molar-refractivity contribution is 6.52. The highest BCUT2D eigenvalue weighted by atomic mass is 35.5. The average Bonchev–Trinajstić information content (AvgIpc) is 3.45. The number of halogens is 1. The van der Waals surface area contributed by atoms with Crippen molar-refractivity contribution in [1.82, 2.24) is 0 Å². The van der Waals surface area contributed by atoms with Crippen molar-refractivity contribution in [2.75, 3.05) is 26.2 Å². The first-order valence-electron chi connectivity index (χ1n) is 9.81. The zero-order valence-electron chi connectivity index (χ0n) is 18.0. The number of ketones is 1. The third-order valence-corrected chi connectivity index (χ3v) is 5.63. The molecule has 9 heteroatoms. The van der Waals surface area contributed by atoms with E-state index in [1.165, 1.54) is 44.6 Å². The Labute approximate surface area is 194 Å². The summed E-state index contributed by atoms with van der Waals surface area (Å²) in [6, 6.07) is 11.6. The van der Waals surface area contributed by atoms with E-state index in [-0.39, 0.29) is 21.9 Å². The molecule has 0 radical (unpaired) electrons. The molecule has 2 aromatic carbocycles. The molecule has 2 heterocycles. The quantitative estimate of drug-likeness (QED) is 0.320. The minimum atomic E-state index is -1.06. The van der Waals surface area contributed by atoms with Crippen LogP contribution in [0.1, 0.15) is 17.4 Å². The molecule has 3 aromatic rings. The number of nitrogens with zero attached hydrogens (tertiary/aromatic N) is 1. The first kappa shape index (κ1) is 22.3. The van der Waals surface area contributed by atoms with E-state index in [0.29, 0.717) is 22.9 Å². The first-order valence-corrected chi connectivity index (χ1v) is 10.2. The number of aliphatic hydroxyl groups excluding tert-OH is 1. The van der Waals surface area contributed by atoms with E-state index in [9.17, 15) is 14.7 Å². The van der Waals surface area contributed by atoms with Crippen LogP contribution < -0.4 is 19.1 Å². The van der Waals surface area contributed by atoms with Crippen LogP contribution in [0.4, 0.5) is 5.69 Å². The van der Waals surface area contributed by atoms with Gasteiger partial charge in [0, 0.05) is 23.8 Å². The molecule has 1 aliphatic heterocycles. The van der Waals surface area contributed by atoms with Gasteiger partial charge in [0.05, 0.1) is 43.9 Å². The van der Waals surface area contributed by atoms with Gasteiger partial charge in [-0.1, -0.05) is 11.6 Å². The van der Waals surface area contributed by atoms with Gasteiger partial charge in [0.15, 0.2) is 0 Å². The maximum atomic E-state index is 13.2. The molecule has 170 valence electrons. The third-order valence-electron chi connectivity index (χ3n) is 5.30. The van der Waals surface area contributed by atoms with Gasteiger partial charge in [-0.15, -0.1) is 0 Å². The monoisotopic (exact) mass is 469 g/mol. The number of carbonyl (C=O) groups excluding carboxylic acids is 2. The summed E-state index contributed by atoms with van der Waals surface area (Å²) in [4.78, 5) is 27.6. The second-order valence-electron chi connectivity index (χ2n) is 7.10. The minimum Gasteiger partial charge on any atom is -0.507 e. The van der Waals surface area contributed by atoms with Gasteiger partial charge in [0.1, 0.15) is 34.8 Å². The fourth-order valence-corrected chi connectivity index (χ4v) is 3.91. The SMILES string of the molecule is COc1cc(OC)cc(N2C(=O)C(=O)/C(=C(\O)c3cc(OC)ccc3Cl)C2c2ccco2)c1. The Morgan fingerprint density at radius 3 is 2.21 bits per heavy atom. The lowest BCUT2D eigenvalue weighted by molar-refractivity contribution is -0.132. The molecule has 1 atom stereocenters. The van der Waals surface area contributed by atoms with E-state index in [4.69, 9.17) is 30.2 Å². The van der Waals surface area contributed by atoms with Crippen LogP contribution in [-0.2, 0) is 9.59 Å². The van der Waals surface area contributed by atoms with Gasteiger partial charge in [-0.3, -0.25) is 14.5 Å². The Hall–Kier alpha value is -3.91. The molecule has 0 aliphatic carbocycles. The molecule has 0 saturated carbocycles. The van der Waals surface area contributed by atoms with E-state index in [1.807, 2.05) is 0 Å². The van der Waals surface area contributed by atoms with E-state index in [2.05, 4.69) is 0 Å². The summed E-state index contributed by atoms with van der Waals surface area (Å²) in [6.07, 6.45) is 1.42. The van der Waals surface area contributed by atoms with Gasteiger partial charge in [-0.05, 0) is 30.3 Å². The summed E-state index contributed by atoms with van der Waals surface area (Å²) in [5, 5.41) is 11.4. The molecule has 1 saturated heterocycles. The number of rotatable bonds is 6. The van der Waals surface area contributed by atoms with Crippen LogP contribution in [0.3, 0.4) is 0 Å². The lowest BCUT2D eigenvalue weighted by Crippen LogP contribution is -2.29. The summed E-state index contributed by atoms with van der Waals surface area (Å²) in [7, 11) is 4.41. The molecular formula is C24H20ClNO7. The molecule has 33 heavy (non-hydrogen) atoms. The lowest BCUT2D eigenvalue weighted by Gasteiger charge is -2.24. The minimum absolute atomic E-state index is 0.147. The number of methoxy groups -OCH3 is 3. The summed E-state index contributed by atoms with van der Waals surface area (Å²) < 4.78 is 21.4. The Morgan fingerprint density at radius 2 is 1.64 bits per heavy atom. The predicted molar refractivity (Wildman–Crippen MR) is 121 cm³/mol. The zero-order valence-corrected chi connectivity index (χ0v) is 18.8. The van der Waals surface area contributed by atoms with Crippen LogP contribution in [0.15, 0.2) is 64.8 Å². The van der Waals surface area contributed by atoms with E-state index in [0.717, 1.165) is 0 Å². The summed E-state index contributed by atoms with van der Waals surface area (Å²) in [5.41, 5.74) is 0.297. The van der Waals surface area contributed by atoms with Crippen molar-refractivity contribution < 1.29 is 33.3 Å². The molecule has 0 bridgehead atoms. The molecule has 1 aromatic heterocycles. The standard InChI is InChI=1S/C24H20ClNO7/c1-30-14-6-7-18(25)17(12-14)22(27)20-21(19-5-4-8-33-19)26(24(29)23(20)28)13-9-15(31-2)11-16(10-13)32-3/h4-12,21,27H,1-3H3/b22-20-. The summed E-state index contributed by atoms with van der Waals surface area (Å²) in [5.74, 6) is -0.669. The third kappa shape index (κ3) is 3.89. The van der Waals surface area contributed by atoms with Gasteiger partial charge < -0.3 is 23.7 Å². The normalized spacial score (nSPS) is 17.3. The number of hydrogen-bond acceptors (Lipinski definition) is 7. The Balaban J connectivity index is 1.96. The van der Waals surface area contributed by atoms with Crippen molar-refractivity contribution in [1.29, 1.82) is 0 Å². The Kier molecular flexibility index (Phi) is 6.02. The Bertz CT molecular complexity index is 1230. The van der Waals surface area contributed by atoms with E-state index in [1.54, 1.807) is 36.4 Å². The highest BCUT2D eigenvalue weighted by Crippen LogP contribution is 2.44. The smallest absolute Gasteiger partial charge is 0.300 e. The van der Waals surface area contributed by atoms with Crippen molar-refractivity contribution >= 4 is 34.7 Å². The molecule has 8 nitrogen and oxygen atoms in total. The van der Waals surface area contributed by atoms with Crippen LogP contribution in [0, 0.1) is 0 Å². The second-order valence-corrected chi connectivity index (χ2v) is 7.51. The topological polar surface area (TPSA) is 98.4 Å². The maximum Gasteiger partial charge on any atom is 0.300 e. The van der Waals surface area contributed by atoms with Crippen molar-refractivity contribution in [3.05, 3.63) is 76.7 Å². The Morgan fingerprint density at radius 1 is 0.970 bits per heavy atom. The number of aliphatic hydroxyl groups is 1. The molecule has 1 aliphatic rings. The number of carbonyl (C=O) groups is 2. The van der Waals surface area contributed by atoms with Crippen molar-refractivity contribution in [2.45, 2.75) is 6.04 Å². The predicted octanol–water partition coefficient (Wildman–Crippen LogP) is 4.59. The number of benzene rings is 2. The van der Waals surface area contributed by atoms with Gasteiger partial charge in [-0.2, -0.15) is 0 Å². The number of hydrogen-bond donors (Lipinski definition) is 1. The molecule has 1 fully saturated rings.